The van der Waals surface area contributed by atoms with Crippen molar-refractivity contribution in [1.29, 1.82) is 0 Å². The third kappa shape index (κ3) is 5.81. The van der Waals surface area contributed by atoms with Crippen LogP contribution in [0.25, 0.3) is 0 Å². The van der Waals surface area contributed by atoms with Crippen molar-refractivity contribution < 1.29 is 98.4 Å². The summed E-state index contributed by atoms with van der Waals surface area (Å²) in [6.07, 6.45) is -41.6. The molecule has 0 heterocycles. The van der Waals surface area contributed by atoms with Crippen LogP contribution < -0.4 is 0 Å². The SMILES string of the molecule is COC(=O)C(F)(OC(F)(F)C(F)(OC(F)(F)C(F)(F)OC(F)=C(F)F)C(F)(F)F)C(F)(F)F. The fraction of sp³-hybridized carbons (Fsp3) is 0.727. The summed E-state index contributed by atoms with van der Waals surface area (Å²) in [5.74, 6) is -18.4. The number of esters is 1. The Morgan fingerprint density at radius 2 is 1.03 bits per heavy atom. The number of methoxy groups -OCH3 is 1. The van der Waals surface area contributed by atoms with E-state index in [-0.39, 0.29) is 7.11 Å². The topological polar surface area (TPSA) is 54.0 Å². The highest BCUT2D eigenvalue weighted by atomic mass is 19.4. The second-order valence-corrected chi connectivity index (χ2v) is 5.07. The Balaban J connectivity index is 6.63. The van der Waals surface area contributed by atoms with Crippen LogP contribution in [0.4, 0.5) is 74.6 Å². The molecule has 0 bridgehead atoms. The molecule has 0 N–H and O–H groups in total. The Kier molecular flexibility index (Phi) is 8.23. The van der Waals surface area contributed by atoms with Gasteiger partial charge in [-0.05, 0) is 0 Å². The maximum atomic E-state index is 13.9. The van der Waals surface area contributed by atoms with Gasteiger partial charge in [0, 0.05) is 0 Å². The van der Waals surface area contributed by atoms with E-state index in [1.54, 1.807) is 4.74 Å². The first-order chi connectivity index (χ1) is 14.2. The van der Waals surface area contributed by atoms with E-state index in [1.165, 1.54) is 4.74 Å². The normalized spacial score (nSPS) is 17.6. The highest BCUT2D eigenvalue weighted by molar-refractivity contribution is 5.78. The van der Waals surface area contributed by atoms with Crippen LogP contribution in [-0.2, 0) is 23.7 Å². The van der Waals surface area contributed by atoms with Gasteiger partial charge in [-0.2, -0.15) is 74.6 Å². The van der Waals surface area contributed by atoms with Crippen LogP contribution in [0.2, 0.25) is 0 Å². The Labute approximate surface area is 167 Å². The summed E-state index contributed by atoms with van der Waals surface area (Å²) < 4.78 is 226. The minimum atomic E-state index is -7.93. The van der Waals surface area contributed by atoms with Crippen molar-refractivity contribution in [3.8, 4) is 0 Å². The van der Waals surface area contributed by atoms with E-state index in [4.69, 9.17) is 0 Å². The lowest BCUT2D eigenvalue weighted by atomic mass is 10.2. The maximum absolute atomic E-state index is 13.9. The Hall–Kier alpha value is -2.26. The van der Waals surface area contributed by atoms with Gasteiger partial charge in [0.1, 0.15) is 0 Å². The van der Waals surface area contributed by atoms with Gasteiger partial charge >= 0.3 is 60.5 Å². The molecule has 0 aromatic rings. The van der Waals surface area contributed by atoms with Crippen LogP contribution in [0.5, 0.6) is 0 Å². The molecule has 0 saturated heterocycles. The number of carbonyl (C=O) groups is 1. The van der Waals surface area contributed by atoms with E-state index >= 15 is 0 Å². The molecule has 0 aliphatic carbocycles. The molecule has 33 heavy (non-hydrogen) atoms. The van der Waals surface area contributed by atoms with Crippen molar-refractivity contribution >= 4 is 5.97 Å². The maximum Gasteiger partial charge on any atom is 0.495 e. The molecule has 5 nitrogen and oxygen atoms in total. The van der Waals surface area contributed by atoms with Crippen LogP contribution in [-0.4, -0.2) is 55.5 Å². The average Bonchev–Trinajstić information content (AvgIpc) is 2.57. The summed E-state index contributed by atoms with van der Waals surface area (Å²) >= 11 is 0. The zero-order valence-corrected chi connectivity index (χ0v) is 14.5. The summed E-state index contributed by atoms with van der Waals surface area (Å²) in [6, 6.07) is -3.98. The molecular formula is C11H3F17O5. The minimum absolute atomic E-state index is 0.217. The number of hydrogen-bond acceptors (Lipinski definition) is 5. The molecule has 196 valence electrons. The zero-order chi connectivity index (χ0) is 27.1. The standard InChI is InChI=1S/C11H3F17O5/c1-30-4(29)5(15,7(17,18)19)32-9(23,24)6(16,8(20,21)22)33-11(27,28)10(25,26)31-3(14)2(12)13/h1H3. The summed E-state index contributed by atoms with van der Waals surface area (Å²) in [7, 11) is -0.217. The van der Waals surface area contributed by atoms with Crippen molar-refractivity contribution in [2.75, 3.05) is 7.11 Å². The monoisotopic (exact) mass is 538 g/mol. The van der Waals surface area contributed by atoms with E-state index in [9.17, 15) is 79.4 Å². The summed E-state index contributed by atoms with van der Waals surface area (Å²) in [4.78, 5) is 10.7. The van der Waals surface area contributed by atoms with Gasteiger partial charge in [-0.1, -0.05) is 0 Å². The Morgan fingerprint density at radius 1 is 0.606 bits per heavy atom. The highest BCUT2D eigenvalue weighted by Crippen LogP contribution is 2.54. The van der Waals surface area contributed by atoms with Crippen molar-refractivity contribution in [2.24, 2.45) is 0 Å². The molecule has 0 aliphatic heterocycles. The van der Waals surface area contributed by atoms with Gasteiger partial charge in [0.15, 0.2) is 0 Å². The number of ether oxygens (including phenoxy) is 4. The van der Waals surface area contributed by atoms with Gasteiger partial charge in [0.2, 0.25) is 0 Å². The molecule has 0 aliphatic rings. The van der Waals surface area contributed by atoms with Crippen LogP contribution in [0, 0.1) is 0 Å². The van der Waals surface area contributed by atoms with E-state index < -0.39 is 60.5 Å². The smallest absolute Gasteiger partial charge is 0.465 e. The molecule has 2 unspecified atom stereocenters. The predicted octanol–water partition coefficient (Wildman–Crippen LogP) is 5.48. The molecular weight excluding hydrogens is 535 g/mol. The number of halogens is 17. The number of alkyl halides is 14. The van der Waals surface area contributed by atoms with Gasteiger partial charge in [0.05, 0.1) is 7.11 Å². The van der Waals surface area contributed by atoms with Crippen molar-refractivity contribution in [1.82, 2.24) is 0 Å². The molecule has 0 radical (unpaired) electrons. The van der Waals surface area contributed by atoms with E-state index in [2.05, 4.69) is 4.74 Å². The molecule has 0 saturated carbocycles. The van der Waals surface area contributed by atoms with Crippen LogP contribution in [0.1, 0.15) is 0 Å². The van der Waals surface area contributed by atoms with Gasteiger partial charge in [-0.25, -0.2) is 4.79 Å². The third-order valence-corrected chi connectivity index (χ3v) is 2.79. The van der Waals surface area contributed by atoms with Gasteiger partial charge in [0.25, 0.3) is 0 Å². The Morgan fingerprint density at radius 3 is 1.33 bits per heavy atom. The lowest BCUT2D eigenvalue weighted by Gasteiger charge is -2.39. The van der Waals surface area contributed by atoms with E-state index in [0.717, 1.165) is 0 Å². The first-order valence-electron chi connectivity index (χ1n) is 6.75. The summed E-state index contributed by atoms with van der Waals surface area (Å²) in [5, 5.41) is 0. The average molecular weight is 538 g/mol. The largest absolute Gasteiger partial charge is 0.495 e. The van der Waals surface area contributed by atoms with Crippen LogP contribution in [0.3, 0.4) is 0 Å². The first kappa shape index (κ1) is 30.7. The minimum Gasteiger partial charge on any atom is -0.465 e. The summed E-state index contributed by atoms with van der Waals surface area (Å²) in [5.41, 5.74) is 0. The van der Waals surface area contributed by atoms with Gasteiger partial charge in [-0.3, -0.25) is 9.47 Å². The second kappa shape index (κ2) is 8.83. The van der Waals surface area contributed by atoms with Crippen molar-refractivity contribution in [3.63, 3.8) is 0 Å². The fourth-order valence-electron chi connectivity index (χ4n) is 1.32. The number of carbonyl (C=O) groups excluding carboxylic acids is 1. The molecule has 0 aromatic heterocycles. The second-order valence-electron chi connectivity index (χ2n) is 5.07. The summed E-state index contributed by atoms with van der Waals surface area (Å²) in [6.45, 7) is 0. The van der Waals surface area contributed by atoms with Crippen molar-refractivity contribution in [2.45, 2.75) is 42.4 Å². The molecule has 0 amide bonds. The van der Waals surface area contributed by atoms with E-state index in [1.807, 2.05) is 4.74 Å². The van der Waals surface area contributed by atoms with E-state index in [0.29, 0.717) is 0 Å². The molecule has 2 atom stereocenters. The lowest BCUT2D eigenvalue weighted by Crippen LogP contribution is -2.67. The number of hydrogen-bond donors (Lipinski definition) is 0. The Bertz CT molecular complexity index is 753. The predicted molar refractivity (Wildman–Crippen MR) is 60.2 cm³/mol. The molecule has 22 heteroatoms. The first-order valence-corrected chi connectivity index (χ1v) is 6.75. The fourth-order valence-corrected chi connectivity index (χ4v) is 1.32. The van der Waals surface area contributed by atoms with Crippen LogP contribution in [0.15, 0.2) is 12.1 Å². The molecule has 0 rings (SSSR count). The molecule has 0 aromatic carbocycles. The lowest BCUT2D eigenvalue weighted by molar-refractivity contribution is -0.552. The van der Waals surface area contributed by atoms with Gasteiger partial charge in [-0.15, -0.1) is 0 Å². The number of rotatable bonds is 9. The molecule has 0 spiro atoms. The van der Waals surface area contributed by atoms with Gasteiger partial charge < -0.3 is 9.47 Å². The van der Waals surface area contributed by atoms with Crippen molar-refractivity contribution in [3.05, 3.63) is 12.1 Å². The quantitative estimate of drug-likeness (QED) is 0.221. The van der Waals surface area contributed by atoms with Crippen LogP contribution >= 0.6 is 0 Å². The molecule has 0 fully saturated rings. The zero-order valence-electron chi connectivity index (χ0n) is 14.5. The highest BCUT2D eigenvalue weighted by Gasteiger charge is 2.84. The third-order valence-electron chi connectivity index (χ3n) is 2.79.